The molecule has 3 N–H and O–H groups in total. The Bertz CT molecular complexity index is 403. The van der Waals surface area contributed by atoms with Crippen molar-refractivity contribution >= 4 is 23.4 Å². The summed E-state index contributed by atoms with van der Waals surface area (Å²) in [6, 6.07) is 1.57. The number of nitrogen functional groups attached to an aromatic ring is 1. The number of hydrogen-bond acceptors (Lipinski definition) is 4. The highest BCUT2D eigenvalue weighted by atomic mass is 32.2. The van der Waals surface area contributed by atoms with Crippen LogP contribution in [0.5, 0.6) is 0 Å². The van der Waals surface area contributed by atoms with Gasteiger partial charge in [0, 0.05) is 5.25 Å². The highest BCUT2D eigenvalue weighted by Gasteiger charge is 2.18. The molecule has 0 unspecified atom stereocenters. The highest BCUT2D eigenvalue weighted by Crippen LogP contribution is 2.34. The Morgan fingerprint density at radius 2 is 2.19 bits per heavy atom. The first-order valence-electron chi connectivity index (χ1n) is 5.32. The molecule has 1 saturated carbocycles. The van der Waals surface area contributed by atoms with E-state index in [2.05, 4.69) is 4.98 Å². The zero-order valence-corrected chi connectivity index (χ0v) is 9.67. The summed E-state index contributed by atoms with van der Waals surface area (Å²) in [5, 5.41) is 10.3. The number of carboxylic acid groups (broad SMARTS) is 1. The fourth-order valence-electron chi connectivity index (χ4n) is 1.87. The molecule has 0 aromatic carbocycles. The molecule has 0 aliphatic heterocycles. The molecule has 0 bridgehead atoms. The molecule has 4 nitrogen and oxygen atoms in total. The van der Waals surface area contributed by atoms with Crippen LogP contribution in [0.15, 0.2) is 17.3 Å². The number of carboxylic acids is 1. The van der Waals surface area contributed by atoms with Gasteiger partial charge in [0.2, 0.25) is 0 Å². The zero-order valence-electron chi connectivity index (χ0n) is 8.85. The Labute approximate surface area is 98.3 Å². The number of rotatable bonds is 3. The molecule has 0 spiro atoms. The molecule has 1 fully saturated rings. The van der Waals surface area contributed by atoms with Gasteiger partial charge in [-0.3, -0.25) is 0 Å². The third-order valence-electron chi connectivity index (χ3n) is 2.73. The number of aromatic nitrogens is 1. The van der Waals surface area contributed by atoms with E-state index in [0.29, 0.717) is 5.25 Å². The number of nitrogens with two attached hydrogens (primary N) is 1. The van der Waals surface area contributed by atoms with E-state index < -0.39 is 5.97 Å². The standard InChI is InChI=1S/C11H14N2O2S/c12-9-6-13-10(5-8(9)11(14)15)16-7-3-1-2-4-7/h5-7H,1-4,12H2,(H,14,15). The van der Waals surface area contributed by atoms with Gasteiger partial charge < -0.3 is 10.8 Å². The predicted molar refractivity (Wildman–Crippen MR) is 63.7 cm³/mol. The van der Waals surface area contributed by atoms with E-state index in [9.17, 15) is 4.79 Å². The molecule has 5 heteroatoms. The van der Waals surface area contributed by atoms with E-state index >= 15 is 0 Å². The first-order chi connectivity index (χ1) is 7.66. The van der Waals surface area contributed by atoms with Crippen molar-refractivity contribution in [2.75, 3.05) is 5.73 Å². The minimum absolute atomic E-state index is 0.149. The van der Waals surface area contributed by atoms with Gasteiger partial charge in [0.25, 0.3) is 0 Å². The lowest BCUT2D eigenvalue weighted by molar-refractivity contribution is 0.0697. The summed E-state index contributed by atoms with van der Waals surface area (Å²) < 4.78 is 0. The lowest BCUT2D eigenvalue weighted by Gasteiger charge is -2.08. The Hall–Kier alpha value is -1.23. The minimum atomic E-state index is -0.992. The van der Waals surface area contributed by atoms with Gasteiger partial charge in [-0.25, -0.2) is 9.78 Å². The fourth-order valence-corrected chi connectivity index (χ4v) is 3.08. The van der Waals surface area contributed by atoms with Crippen molar-refractivity contribution in [2.24, 2.45) is 0 Å². The Balaban J connectivity index is 2.15. The maximum atomic E-state index is 10.9. The molecule has 0 saturated heterocycles. The van der Waals surface area contributed by atoms with E-state index in [4.69, 9.17) is 10.8 Å². The summed E-state index contributed by atoms with van der Waals surface area (Å²) in [5.41, 5.74) is 5.92. The van der Waals surface area contributed by atoms with Gasteiger partial charge in [-0.1, -0.05) is 12.8 Å². The first kappa shape index (κ1) is 11.3. The number of nitrogens with zero attached hydrogens (tertiary/aromatic N) is 1. The third-order valence-corrected chi connectivity index (χ3v) is 4.00. The van der Waals surface area contributed by atoms with Crippen molar-refractivity contribution in [1.82, 2.24) is 4.98 Å². The SMILES string of the molecule is Nc1cnc(SC2CCCC2)cc1C(=O)O. The summed E-state index contributed by atoms with van der Waals surface area (Å²) in [6.45, 7) is 0. The monoisotopic (exact) mass is 238 g/mol. The second kappa shape index (κ2) is 4.74. The van der Waals surface area contributed by atoms with E-state index in [1.54, 1.807) is 17.8 Å². The molecule has 16 heavy (non-hydrogen) atoms. The lowest BCUT2D eigenvalue weighted by Crippen LogP contribution is -2.04. The predicted octanol–water partition coefficient (Wildman–Crippen LogP) is 2.40. The molecule has 1 heterocycles. The Morgan fingerprint density at radius 1 is 1.50 bits per heavy atom. The average molecular weight is 238 g/mol. The molecule has 1 aromatic heterocycles. The number of aromatic carboxylic acids is 1. The number of pyridine rings is 1. The smallest absolute Gasteiger partial charge is 0.337 e. The molecular weight excluding hydrogens is 224 g/mol. The van der Waals surface area contributed by atoms with Crippen LogP contribution in [0.2, 0.25) is 0 Å². The molecular formula is C11H14N2O2S. The van der Waals surface area contributed by atoms with Crippen molar-refractivity contribution < 1.29 is 9.90 Å². The number of carbonyl (C=O) groups is 1. The molecule has 0 atom stereocenters. The normalized spacial score (nSPS) is 16.5. The van der Waals surface area contributed by atoms with Crippen LogP contribution in [0.4, 0.5) is 5.69 Å². The van der Waals surface area contributed by atoms with Crippen LogP contribution in [-0.2, 0) is 0 Å². The quantitative estimate of drug-likeness (QED) is 0.845. The van der Waals surface area contributed by atoms with Crippen molar-refractivity contribution in [3.8, 4) is 0 Å². The number of thioether (sulfide) groups is 1. The summed E-state index contributed by atoms with van der Waals surface area (Å²) >= 11 is 1.66. The van der Waals surface area contributed by atoms with Crippen LogP contribution in [-0.4, -0.2) is 21.3 Å². The summed E-state index contributed by atoms with van der Waals surface area (Å²) in [6.07, 6.45) is 6.34. The van der Waals surface area contributed by atoms with Crippen molar-refractivity contribution in [3.63, 3.8) is 0 Å². The molecule has 0 amide bonds. The Morgan fingerprint density at radius 3 is 2.81 bits per heavy atom. The first-order valence-corrected chi connectivity index (χ1v) is 6.20. The minimum Gasteiger partial charge on any atom is -0.478 e. The Kier molecular flexibility index (Phi) is 3.33. The van der Waals surface area contributed by atoms with Crippen molar-refractivity contribution in [3.05, 3.63) is 17.8 Å². The molecule has 86 valence electrons. The zero-order chi connectivity index (χ0) is 11.5. The molecule has 1 aromatic rings. The fraction of sp³-hybridized carbons (Fsp3) is 0.455. The lowest BCUT2D eigenvalue weighted by atomic mass is 10.2. The van der Waals surface area contributed by atoms with E-state index in [1.807, 2.05) is 0 Å². The van der Waals surface area contributed by atoms with Gasteiger partial charge in [-0.05, 0) is 18.9 Å². The number of anilines is 1. The van der Waals surface area contributed by atoms with Crippen LogP contribution in [0, 0.1) is 0 Å². The van der Waals surface area contributed by atoms with Crippen LogP contribution >= 0.6 is 11.8 Å². The topological polar surface area (TPSA) is 76.2 Å². The van der Waals surface area contributed by atoms with Crippen LogP contribution < -0.4 is 5.73 Å². The summed E-state index contributed by atoms with van der Waals surface area (Å²) in [7, 11) is 0. The van der Waals surface area contributed by atoms with Crippen LogP contribution in [0.1, 0.15) is 36.0 Å². The summed E-state index contributed by atoms with van der Waals surface area (Å²) in [5.74, 6) is -0.992. The van der Waals surface area contributed by atoms with Crippen molar-refractivity contribution in [2.45, 2.75) is 36.0 Å². The second-order valence-corrected chi connectivity index (χ2v) is 5.26. The second-order valence-electron chi connectivity index (χ2n) is 3.94. The van der Waals surface area contributed by atoms with Gasteiger partial charge in [-0.15, -0.1) is 11.8 Å². The summed E-state index contributed by atoms with van der Waals surface area (Å²) in [4.78, 5) is 15.1. The average Bonchev–Trinajstić information content (AvgIpc) is 2.73. The van der Waals surface area contributed by atoms with Crippen LogP contribution in [0.3, 0.4) is 0 Å². The highest BCUT2D eigenvalue weighted by molar-refractivity contribution is 7.99. The molecule has 1 aliphatic carbocycles. The third kappa shape index (κ3) is 2.47. The molecule has 0 radical (unpaired) electrons. The molecule has 2 rings (SSSR count). The van der Waals surface area contributed by atoms with Gasteiger partial charge in [0.1, 0.15) is 0 Å². The van der Waals surface area contributed by atoms with E-state index in [-0.39, 0.29) is 11.3 Å². The maximum absolute atomic E-state index is 10.9. The number of hydrogen-bond donors (Lipinski definition) is 2. The van der Waals surface area contributed by atoms with Gasteiger partial charge in [0.05, 0.1) is 22.5 Å². The maximum Gasteiger partial charge on any atom is 0.337 e. The largest absolute Gasteiger partial charge is 0.478 e. The van der Waals surface area contributed by atoms with Gasteiger partial charge in [-0.2, -0.15) is 0 Å². The van der Waals surface area contributed by atoms with E-state index in [0.717, 1.165) is 5.03 Å². The molecule has 1 aliphatic rings. The van der Waals surface area contributed by atoms with Gasteiger partial charge in [0.15, 0.2) is 0 Å². The van der Waals surface area contributed by atoms with Crippen molar-refractivity contribution in [1.29, 1.82) is 0 Å². The van der Waals surface area contributed by atoms with E-state index in [1.165, 1.54) is 31.9 Å². The van der Waals surface area contributed by atoms with Crippen LogP contribution in [0.25, 0.3) is 0 Å². The van der Waals surface area contributed by atoms with Gasteiger partial charge >= 0.3 is 5.97 Å².